The molecule has 0 aliphatic heterocycles. The topological polar surface area (TPSA) is 59.8 Å². The van der Waals surface area contributed by atoms with E-state index in [1.807, 2.05) is 6.07 Å². The van der Waals surface area contributed by atoms with Gasteiger partial charge in [0.1, 0.15) is 5.82 Å². The molecule has 0 bridgehead atoms. The smallest absolute Gasteiger partial charge is 0.231 e. The van der Waals surface area contributed by atoms with Crippen molar-refractivity contribution in [2.45, 2.75) is 55.8 Å². The fourth-order valence-electron chi connectivity index (χ4n) is 3.55. The summed E-state index contributed by atoms with van der Waals surface area (Å²) >= 11 is 3.17. The molecule has 1 amide bonds. The van der Waals surface area contributed by atoms with Gasteiger partial charge in [-0.1, -0.05) is 47.7 Å². The minimum atomic E-state index is -0.118. The fraction of sp³-hybridized carbons (Fsp3) is 0.409. The van der Waals surface area contributed by atoms with Gasteiger partial charge in [-0.25, -0.2) is 0 Å². The van der Waals surface area contributed by atoms with Crippen LogP contribution in [0.1, 0.15) is 65.5 Å². The van der Waals surface area contributed by atoms with Crippen LogP contribution in [-0.4, -0.2) is 26.4 Å². The number of nitrogens with zero attached hydrogens (tertiary/aromatic N) is 3. The Hall–Kier alpha value is -2.12. The van der Waals surface area contributed by atoms with Gasteiger partial charge in [-0.3, -0.25) is 4.79 Å². The van der Waals surface area contributed by atoms with Gasteiger partial charge in [-0.05, 0) is 49.6 Å². The predicted octanol–water partition coefficient (Wildman–Crippen LogP) is 4.86. The molecule has 0 saturated heterocycles. The lowest BCUT2D eigenvalue weighted by Crippen LogP contribution is -2.30. The first-order valence-electron chi connectivity index (χ1n) is 10.2. The minimum absolute atomic E-state index is 0.0206. The van der Waals surface area contributed by atoms with Crippen molar-refractivity contribution in [3.8, 4) is 0 Å². The molecule has 7 heteroatoms. The van der Waals surface area contributed by atoms with Crippen LogP contribution in [0.4, 0.5) is 0 Å². The van der Waals surface area contributed by atoms with E-state index in [9.17, 15) is 4.79 Å². The molecule has 2 aliphatic carbocycles. The van der Waals surface area contributed by atoms with E-state index in [-0.39, 0.29) is 11.9 Å². The number of thiophene rings is 1. The Morgan fingerprint density at radius 1 is 1.21 bits per heavy atom. The van der Waals surface area contributed by atoms with Crippen LogP contribution in [0, 0.1) is 6.92 Å². The normalized spacial score (nSPS) is 17.3. The molecule has 1 aromatic carbocycles. The zero-order valence-corrected chi connectivity index (χ0v) is 18.0. The molecule has 1 N–H and O–H groups in total. The van der Waals surface area contributed by atoms with Crippen LogP contribution in [-0.2, 0) is 4.79 Å². The lowest BCUT2D eigenvalue weighted by molar-refractivity contribution is -0.119. The Labute approximate surface area is 178 Å². The monoisotopic (exact) mass is 424 g/mol. The number of carbonyl (C=O) groups is 1. The fourth-order valence-corrected chi connectivity index (χ4v) is 5.17. The molecule has 2 aliphatic rings. The van der Waals surface area contributed by atoms with Gasteiger partial charge in [-0.2, -0.15) is 0 Å². The summed E-state index contributed by atoms with van der Waals surface area (Å²) in [6, 6.07) is 12.9. The van der Waals surface area contributed by atoms with Crippen molar-refractivity contribution in [2.24, 2.45) is 0 Å². The lowest BCUT2D eigenvalue weighted by atomic mass is 10.0. The van der Waals surface area contributed by atoms with Crippen molar-refractivity contribution >= 4 is 29.0 Å². The third-order valence-corrected chi connectivity index (χ3v) is 7.30. The van der Waals surface area contributed by atoms with E-state index >= 15 is 0 Å². The Bertz CT molecular complexity index is 989. The summed E-state index contributed by atoms with van der Waals surface area (Å²) in [6.45, 7) is 2.07. The Morgan fingerprint density at radius 3 is 2.66 bits per heavy atom. The van der Waals surface area contributed by atoms with E-state index in [4.69, 9.17) is 0 Å². The van der Waals surface area contributed by atoms with Crippen molar-refractivity contribution in [1.82, 2.24) is 20.1 Å². The van der Waals surface area contributed by atoms with E-state index in [0.717, 1.165) is 21.4 Å². The number of nitrogens with one attached hydrogen (secondary N) is 1. The SMILES string of the molecule is Cc1ccc(C(NC(=O)CSc2nnc(C3CC3)n2C2CC2)c2cccs2)cc1. The molecule has 5 rings (SSSR count). The van der Waals surface area contributed by atoms with Crippen LogP contribution in [0.2, 0.25) is 0 Å². The number of aromatic nitrogens is 3. The van der Waals surface area contributed by atoms with Crippen LogP contribution < -0.4 is 5.32 Å². The quantitative estimate of drug-likeness (QED) is 0.525. The Morgan fingerprint density at radius 2 is 2.00 bits per heavy atom. The maximum Gasteiger partial charge on any atom is 0.231 e. The van der Waals surface area contributed by atoms with Crippen LogP contribution in [0.15, 0.2) is 46.9 Å². The van der Waals surface area contributed by atoms with Gasteiger partial charge >= 0.3 is 0 Å². The molecule has 150 valence electrons. The van der Waals surface area contributed by atoms with Gasteiger partial charge in [0.05, 0.1) is 11.8 Å². The van der Waals surface area contributed by atoms with Gasteiger partial charge in [0.15, 0.2) is 5.16 Å². The number of benzene rings is 1. The second kappa shape index (κ2) is 7.95. The molecule has 0 radical (unpaired) electrons. The molecular formula is C22H24N4OS2. The maximum atomic E-state index is 12.8. The average molecular weight is 425 g/mol. The Balaban J connectivity index is 1.28. The van der Waals surface area contributed by atoms with Gasteiger partial charge in [0.25, 0.3) is 0 Å². The highest BCUT2D eigenvalue weighted by molar-refractivity contribution is 7.99. The number of hydrogen-bond donors (Lipinski definition) is 1. The summed E-state index contributed by atoms with van der Waals surface area (Å²) in [5.41, 5.74) is 2.32. The summed E-state index contributed by atoms with van der Waals surface area (Å²) in [4.78, 5) is 14.0. The summed E-state index contributed by atoms with van der Waals surface area (Å²) in [7, 11) is 0. The Kier molecular flexibility index (Phi) is 5.18. The van der Waals surface area contributed by atoms with E-state index in [1.165, 1.54) is 43.0 Å². The number of rotatable bonds is 8. The number of thioether (sulfide) groups is 1. The van der Waals surface area contributed by atoms with Crippen LogP contribution in [0.3, 0.4) is 0 Å². The van der Waals surface area contributed by atoms with Crippen LogP contribution >= 0.6 is 23.1 Å². The van der Waals surface area contributed by atoms with Crippen molar-refractivity contribution in [1.29, 1.82) is 0 Å². The third kappa shape index (κ3) is 4.26. The van der Waals surface area contributed by atoms with E-state index in [0.29, 0.717) is 17.7 Å². The maximum absolute atomic E-state index is 12.8. The zero-order valence-electron chi connectivity index (χ0n) is 16.4. The highest BCUT2D eigenvalue weighted by atomic mass is 32.2. The highest BCUT2D eigenvalue weighted by Crippen LogP contribution is 2.46. The molecule has 3 aromatic rings. The van der Waals surface area contributed by atoms with Gasteiger partial charge in [0.2, 0.25) is 5.91 Å². The van der Waals surface area contributed by atoms with Crippen LogP contribution in [0.5, 0.6) is 0 Å². The van der Waals surface area contributed by atoms with Crippen LogP contribution in [0.25, 0.3) is 0 Å². The number of amides is 1. The first kappa shape index (κ1) is 18.9. The molecule has 2 heterocycles. The third-order valence-electron chi connectivity index (χ3n) is 5.42. The summed E-state index contributed by atoms with van der Waals surface area (Å²) in [5.74, 6) is 2.08. The molecular weight excluding hydrogens is 400 g/mol. The second-order valence-corrected chi connectivity index (χ2v) is 9.85. The van der Waals surface area contributed by atoms with Gasteiger partial charge in [0, 0.05) is 16.8 Å². The minimum Gasteiger partial charge on any atom is -0.344 e. The van der Waals surface area contributed by atoms with Crippen molar-refractivity contribution in [3.05, 3.63) is 63.6 Å². The van der Waals surface area contributed by atoms with Gasteiger partial charge in [-0.15, -0.1) is 21.5 Å². The molecule has 1 atom stereocenters. The molecule has 2 aromatic heterocycles. The van der Waals surface area contributed by atoms with Crippen molar-refractivity contribution < 1.29 is 4.79 Å². The number of aryl methyl sites for hydroxylation is 1. The van der Waals surface area contributed by atoms with E-state index in [1.54, 1.807) is 11.3 Å². The molecule has 2 saturated carbocycles. The predicted molar refractivity (Wildman–Crippen MR) is 116 cm³/mol. The molecule has 5 nitrogen and oxygen atoms in total. The molecule has 29 heavy (non-hydrogen) atoms. The van der Waals surface area contributed by atoms with E-state index in [2.05, 4.69) is 62.7 Å². The highest BCUT2D eigenvalue weighted by Gasteiger charge is 2.36. The molecule has 2 fully saturated rings. The summed E-state index contributed by atoms with van der Waals surface area (Å²) in [5, 5.41) is 15.0. The average Bonchev–Trinajstić information content (AvgIpc) is 3.66. The largest absolute Gasteiger partial charge is 0.344 e. The first-order valence-corrected chi connectivity index (χ1v) is 12.0. The second-order valence-electron chi connectivity index (χ2n) is 7.93. The lowest BCUT2D eigenvalue weighted by Gasteiger charge is -2.18. The first-order chi connectivity index (χ1) is 14.2. The van der Waals surface area contributed by atoms with E-state index < -0.39 is 0 Å². The van der Waals surface area contributed by atoms with Crippen molar-refractivity contribution in [3.63, 3.8) is 0 Å². The summed E-state index contributed by atoms with van der Waals surface area (Å²) < 4.78 is 2.30. The van der Waals surface area contributed by atoms with Crippen molar-refractivity contribution in [2.75, 3.05) is 5.75 Å². The molecule has 1 unspecified atom stereocenters. The number of carbonyl (C=O) groups excluding carboxylic acids is 1. The van der Waals surface area contributed by atoms with Gasteiger partial charge < -0.3 is 9.88 Å². The number of hydrogen-bond acceptors (Lipinski definition) is 5. The summed E-state index contributed by atoms with van der Waals surface area (Å²) in [6.07, 6.45) is 4.83. The molecule has 0 spiro atoms. The zero-order chi connectivity index (χ0) is 19.8. The standard InChI is InChI=1S/C22H24N4OS2/c1-14-4-6-15(7-5-14)20(18-3-2-12-28-18)23-19(27)13-29-22-25-24-21(16-8-9-16)26(22)17-10-11-17/h2-7,12,16-17,20H,8-11,13H2,1H3,(H,23,27).